The molecule has 3 N–H and O–H groups in total. The van der Waals surface area contributed by atoms with E-state index >= 15 is 0 Å². The third kappa shape index (κ3) is 9.31. The molecule has 122 valence electrons. The lowest BCUT2D eigenvalue weighted by Crippen LogP contribution is -2.46. The number of hydrogen-bond donors (Lipinski definition) is 2. The topological polar surface area (TPSA) is 65.7 Å². The number of nitrogens with two attached hydrogens (primary N) is 1. The van der Waals surface area contributed by atoms with Crippen molar-refractivity contribution in [2.45, 2.75) is 25.4 Å². The fourth-order valence-electron chi connectivity index (χ4n) is 0.991. The molecule has 0 unspecified atom stereocenters. The monoisotopic (exact) mass is 314 g/mol. The second-order valence-corrected chi connectivity index (χ2v) is 3.54. The fourth-order valence-corrected chi connectivity index (χ4v) is 0.991. The molecule has 0 aromatic carbocycles. The van der Waals surface area contributed by atoms with E-state index in [4.69, 9.17) is 5.73 Å². The normalized spacial score (nSPS) is 13.8. The average molecular weight is 314 g/mol. The van der Waals surface area contributed by atoms with Crippen LogP contribution in [0.15, 0.2) is 0 Å². The largest absolute Gasteiger partial charge is 0.494 e. The average Bonchev–Trinajstić information content (AvgIpc) is 2.23. The zero-order chi connectivity index (χ0) is 15.9. The molecule has 5 nitrogen and oxygen atoms in total. The van der Waals surface area contributed by atoms with Crippen molar-refractivity contribution in [3.63, 3.8) is 0 Å². The van der Waals surface area contributed by atoms with E-state index in [2.05, 4.69) is 14.2 Å². The van der Waals surface area contributed by atoms with Gasteiger partial charge in [0.05, 0.1) is 6.54 Å². The molecule has 0 aliphatic rings. The lowest BCUT2D eigenvalue weighted by Gasteiger charge is -2.26. The van der Waals surface area contributed by atoms with Crippen LogP contribution in [-0.4, -0.2) is 51.4 Å². The summed E-state index contributed by atoms with van der Waals surface area (Å²) in [4.78, 5) is 0. The maximum absolute atomic E-state index is 12.9. The zero-order valence-electron chi connectivity index (χ0n) is 10.6. The molecule has 0 amide bonds. The Morgan fingerprint density at radius 1 is 1.00 bits per heavy atom. The Morgan fingerprint density at radius 2 is 1.55 bits per heavy atom. The molecule has 0 bridgehead atoms. The number of halogens is 6. The van der Waals surface area contributed by atoms with Crippen LogP contribution in [0.4, 0.5) is 26.3 Å². The maximum Gasteiger partial charge on any atom is 0.494 e. The van der Waals surface area contributed by atoms with E-state index in [0.29, 0.717) is 0 Å². The van der Waals surface area contributed by atoms with E-state index in [1.165, 1.54) is 6.92 Å². The van der Waals surface area contributed by atoms with E-state index in [1.54, 1.807) is 0 Å². The van der Waals surface area contributed by atoms with Crippen molar-refractivity contribution in [3.8, 4) is 0 Å². The minimum atomic E-state index is -5.19. The lowest BCUT2D eigenvalue weighted by atomic mass is 10.5. The van der Waals surface area contributed by atoms with Crippen molar-refractivity contribution in [2.75, 3.05) is 32.8 Å². The van der Waals surface area contributed by atoms with Crippen LogP contribution in [0.25, 0.3) is 0 Å². The van der Waals surface area contributed by atoms with E-state index in [9.17, 15) is 26.3 Å². The molecule has 0 saturated carbocycles. The smallest absolute Gasteiger partial charge is 0.373 e. The predicted molar refractivity (Wildman–Crippen MR) is 55.4 cm³/mol. The van der Waals surface area contributed by atoms with Gasteiger partial charge in [-0.05, 0) is 6.92 Å². The van der Waals surface area contributed by atoms with Gasteiger partial charge in [0.15, 0.2) is 0 Å². The molecule has 20 heavy (non-hydrogen) atoms. The van der Waals surface area contributed by atoms with Gasteiger partial charge < -0.3 is 15.8 Å². The molecular weight excluding hydrogens is 298 g/mol. The van der Waals surface area contributed by atoms with E-state index in [-0.39, 0.29) is 19.7 Å². The Bertz CT molecular complexity index is 280. The molecule has 11 heteroatoms. The molecule has 0 aliphatic carbocycles. The number of alkyl halides is 6. The highest BCUT2D eigenvalue weighted by Crippen LogP contribution is 2.33. The minimum absolute atomic E-state index is 0.0185. The van der Waals surface area contributed by atoms with Gasteiger partial charge in [0.2, 0.25) is 0 Å². The molecule has 0 aromatic rings. The first-order chi connectivity index (χ1) is 9.04. The van der Waals surface area contributed by atoms with Gasteiger partial charge in [-0.15, -0.1) is 8.78 Å². The molecule has 0 radical (unpaired) electrons. The highest BCUT2D eigenvalue weighted by molar-refractivity contribution is 4.61. The van der Waals surface area contributed by atoms with Crippen molar-refractivity contribution in [1.29, 1.82) is 0 Å². The number of nitrogens with one attached hydrogen (secondary N) is 1. The Kier molecular flexibility index (Phi) is 7.73. The Balaban J connectivity index is 4.40. The van der Waals surface area contributed by atoms with Gasteiger partial charge in [0, 0.05) is 19.7 Å². The summed E-state index contributed by atoms with van der Waals surface area (Å²) in [5.41, 5.74) is 4.98. The quantitative estimate of drug-likeness (QED) is 0.342. The fraction of sp³-hybridized carbons (Fsp3) is 1.00. The lowest BCUT2D eigenvalue weighted by molar-refractivity contribution is -0.514. The molecule has 0 spiro atoms. The standard InChI is InChI=1S/C9H16F6N2O3/c1-2-18-6-8(12,13)20-9(14,15)19-7(10,11)5-17-4-3-16/h17H,2-6,16H2,1H3. The van der Waals surface area contributed by atoms with E-state index in [1.807, 2.05) is 5.32 Å². The van der Waals surface area contributed by atoms with Gasteiger partial charge >= 0.3 is 18.5 Å². The minimum Gasteiger partial charge on any atom is -0.373 e. The summed E-state index contributed by atoms with van der Waals surface area (Å²) >= 11 is 0. The van der Waals surface area contributed by atoms with Crippen LogP contribution >= 0.6 is 0 Å². The molecule has 0 fully saturated rings. The van der Waals surface area contributed by atoms with Gasteiger partial charge in [-0.1, -0.05) is 0 Å². The highest BCUT2D eigenvalue weighted by atomic mass is 19.3. The number of rotatable bonds is 11. The Labute approximate surface area is 111 Å². The summed E-state index contributed by atoms with van der Waals surface area (Å²) in [6, 6.07) is 0. The summed E-state index contributed by atoms with van der Waals surface area (Å²) in [6.45, 7) is -1.81. The van der Waals surface area contributed by atoms with Crippen LogP contribution in [0.1, 0.15) is 6.92 Å². The second-order valence-electron chi connectivity index (χ2n) is 3.54. The zero-order valence-corrected chi connectivity index (χ0v) is 10.6. The molecule has 0 rings (SSSR count). The van der Waals surface area contributed by atoms with Crippen LogP contribution in [-0.2, 0) is 14.2 Å². The molecule has 0 aromatic heterocycles. The molecule has 0 aliphatic heterocycles. The molecule has 0 saturated heterocycles. The van der Waals surface area contributed by atoms with Crippen LogP contribution in [0.5, 0.6) is 0 Å². The third-order valence-corrected chi connectivity index (χ3v) is 1.66. The van der Waals surface area contributed by atoms with Crippen LogP contribution in [0.2, 0.25) is 0 Å². The highest BCUT2D eigenvalue weighted by Gasteiger charge is 2.52. The molecular formula is C9H16F6N2O3. The summed E-state index contributed by atoms with van der Waals surface area (Å²) in [5, 5.41) is 1.99. The van der Waals surface area contributed by atoms with E-state index in [0.717, 1.165) is 0 Å². The number of hydrogen-bond acceptors (Lipinski definition) is 5. The first-order valence-corrected chi connectivity index (χ1v) is 5.56. The van der Waals surface area contributed by atoms with Gasteiger partial charge in [0.1, 0.15) is 6.61 Å². The van der Waals surface area contributed by atoms with Crippen molar-refractivity contribution in [2.24, 2.45) is 5.73 Å². The van der Waals surface area contributed by atoms with E-state index < -0.39 is 31.7 Å². The van der Waals surface area contributed by atoms with Gasteiger partial charge in [-0.2, -0.15) is 17.6 Å². The number of ether oxygens (including phenoxy) is 3. The first-order valence-electron chi connectivity index (χ1n) is 5.56. The predicted octanol–water partition coefficient (Wildman–Crippen LogP) is 1.34. The SMILES string of the molecule is CCOCC(F)(F)OC(F)(F)OC(F)(F)CNCCN. The van der Waals surface area contributed by atoms with Crippen molar-refractivity contribution >= 4 is 0 Å². The Hall–Kier alpha value is -0.620. The van der Waals surface area contributed by atoms with Crippen molar-refractivity contribution in [1.82, 2.24) is 5.32 Å². The van der Waals surface area contributed by atoms with Gasteiger partial charge in [-0.25, -0.2) is 9.47 Å². The Morgan fingerprint density at radius 3 is 2.05 bits per heavy atom. The first kappa shape index (κ1) is 19.4. The summed E-state index contributed by atoms with van der Waals surface area (Å²) in [6.07, 6.45) is -14.1. The molecule has 0 heterocycles. The van der Waals surface area contributed by atoms with Crippen LogP contribution in [0.3, 0.4) is 0 Å². The van der Waals surface area contributed by atoms with Gasteiger partial charge in [0.25, 0.3) is 0 Å². The van der Waals surface area contributed by atoms with Crippen molar-refractivity contribution < 1.29 is 40.6 Å². The second kappa shape index (κ2) is 7.98. The summed E-state index contributed by atoms with van der Waals surface area (Å²) in [5.74, 6) is 0. The third-order valence-electron chi connectivity index (χ3n) is 1.66. The van der Waals surface area contributed by atoms with Crippen LogP contribution < -0.4 is 11.1 Å². The molecule has 0 atom stereocenters. The summed E-state index contributed by atoms with van der Waals surface area (Å²) < 4.78 is 87.2. The maximum atomic E-state index is 12.9. The van der Waals surface area contributed by atoms with Gasteiger partial charge in [-0.3, -0.25) is 0 Å². The summed E-state index contributed by atoms with van der Waals surface area (Å²) in [7, 11) is 0. The van der Waals surface area contributed by atoms with Crippen molar-refractivity contribution in [3.05, 3.63) is 0 Å². The van der Waals surface area contributed by atoms with Crippen LogP contribution in [0, 0.1) is 0 Å².